The molecule has 0 bridgehead atoms. The molecule has 1 aromatic carbocycles. The predicted octanol–water partition coefficient (Wildman–Crippen LogP) is 3.10. The Hall–Kier alpha value is -1.00. The third kappa shape index (κ3) is 4.00. The van der Waals surface area contributed by atoms with Crippen LogP contribution in [0, 0.1) is 5.92 Å². The molecule has 1 fully saturated rings. The van der Waals surface area contributed by atoms with Gasteiger partial charge in [0, 0.05) is 18.2 Å². The molecule has 0 aliphatic carbocycles. The first kappa shape index (κ1) is 15.4. The Morgan fingerprint density at radius 3 is 2.65 bits per heavy atom. The number of nitrogens with zero attached hydrogens (tertiary/aromatic N) is 1. The van der Waals surface area contributed by atoms with Gasteiger partial charge in [-0.2, -0.15) is 8.78 Å². The summed E-state index contributed by atoms with van der Waals surface area (Å²) >= 11 is 0. The third-order valence-corrected chi connectivity index (χ3v) is 3.94. The summed E-state index contributed by atoms with van der Waals surface area (Å²) < 4.78 is 28.7. The van der Waals surface area contributed by atoms with Crippen molar-refractivity contribution in [2.75, 3.05) is 26.2 Å². The topological polar surface area (TPSA) is 15.3 Å². The number of halogens is 2. The smallest absolute Gasteiger partial charge is 0.285 e. The molecular weight excluding hydrogens is 258 g/mol. The van der Waals surface area contributed by atoms with Crippen LogP contribution in [0.2, 0.25) is 0 Å². The van der Waals surface area contributed by atoms with Gasteiger partial charge in [-0.1, -0.05) is 44.2 Å². The van der Waals surface area contributed by atoms with E-state index in [1.54, 1.807) is 18.2 Å². The van der Waals surface area contributed by atoms with E-state index in [-0.39, 0.29) is 12.1 Å². The van der Waals surface area contributed by atoms with Crippen molar-refractivity contribution in [1.82, 2.24) is 10.2 Å². The second kappa shape index (κ2) is 6.64. The number of rotatable bonds is 4. The number of hydrogen-bond donors (Lipinski definition) is 1. The zero-order valence-electron chi connectivity index (χ0n) is 12.3. The van der Waals surface area contributed by atoms with Gasteiger partial charge in [0.1, 0.15) is 0 Å². The number of benzene rings is 1. The van der Waals surface area contributed by atoms with Gasteiger partial charge in [-0.05, 0) is 25.4 Å². The average Bonchev–Trinajstić information content (AvgIpc) is 2.65. The van der Waals surface area contributed by atoms with Crippen LogP contribution < -0.4 is 5.32 Å². The fraction of sp³-hybridized carbons (Fsp3) is 0.625. The van der Waals surface area contributed by atoms with Crippen molar-refractivity contribution in [3.05, 3.63) is 35.9 Å². The van der Waals surface area contributed by atoms with E-state index < -0.39 is 5.92 Å². The minimum atomic E-state index is -2.78. The highest BCUT2D eigenvalue weighted by Gasteiger charge is 2.35. The second-order valence-corrected chi connectivity index (χ2v) is 5.96. The van der Waals surface area contributed by atoms with Crippen molar-refractivity contribution < 1.29 is 8.78 Å². The third-order valence-electron chi connectivity index (χ3n) is 3.94. The maximum absolute atomic E-state index is 14.3. The summed E-state index contributed by atoms with van der Waals surface area (Å²) in [4.78, 5) is 1.90. The summed E-state index contributed by atoms with van der Waals surface area (Å²) in [5, 5.41) is 3.45. The Bertz CT molecular complexity index is 406. The molecule has 2 nitrogen and oxygen atoms in total. The predicted molar refractivity (Wildman–Crippen MR) is 78.0 cm³/mol. The summed E-state index contributed by atoms with van der Waals surface area (Å²) in [5.74, 6) is -2.33. The highest BCUT2D eigenvalue weighted by molar-refractivity contribution is 5.20. The van der Waals surface area contributed by atoms with Crippen LogP contribution in [0.5, 0.6) is 0 Å². The lowest BCUT2D eigenvalue weighted by atomic mass is 10.0. The van der Waals surface area contributed by atoms with Crippen LogP contribution in [-0.2, 0) is 5.92 Å². The zero-order chi connectivity index (χ0) is 14.6. The Balaban J connectivity index is 2.04. The summed E-state index contributed by atoms with van der Waals surface area (Å²) in [5.41, 5.74) is 0.110. The van der Waals surface area contributed by atoms with Crippen LogP contribution in [0.1, 0.15) is 25.8 Å². The van der Waals surface area contributed by atoms with E-state index in [0.717, 1.165) is 19.5 Å². The molecule has 1 aliphatic rings. The lowest BCUT2D eigenvalue weighted by Gasteiger charge is -2.30. The van der Waals surface area contributed by atoms with Gasteiger partial charge in [0.2, 0.25) is 0 Å². The first-order chi connectivity index (χ1) is 9.49. The van der Waals surface area contributed by atoms with Crippen LogP contribution >= 0.6 is 0 Å². The van der Waals surface area contributed by atoms with Crippen LogP contribution in [-0.4, -0.2) is 37.1 Å². The molecule has 20 heavy (non-hydrogen) atoms. The Morgan fingerprint density at radius 1 is 1.30 bits per heavy atom. The Labute approximate surface area is 120 Å². The summed E-state index contributed by atoms with van der Waals surface area (Å²) in [6.07, 6.45) is 0.925. The van der Waals surface area contributed by atoms with Crippen LogP contribution in [0.4, 0.5) is 8.78 Å². The van der Waals surface area contributed by atoms with E-state index in [1.165, 1.54) is 12.1 Å². The molecule has 1 aliphatic heterocycles. The summed E-state index contributed by atoms with van der Waals surface area (Å²) in [7, 11) is 0. The van der Waals surface area contributed by atoms with Crippen molar-refractivity contribution in [3.63, 3.8) is 0 Å². The minimum absolute atomic E-state index is 0.110. The molecule has 1 saturated heterocycles. The van der Waals surface area contributed by atoms with E-state index in [9.17, 15) is 8.78 Å². The van der Waals surface area contributed by atoms with Crippen molar-refractivity contribution in [2.45, 2.75) is 32.2 Å². The van der Waals surface area contributed by atoms with E-state index in [2.05, 4.69) is 19.2 Å². The molecule has 1 N–H and O–H groups in total. The number of nitrogens with one attached hydrogen (secondary N) is 1. The molecule has 2 rings (SSSR count). The van der Waals surface area contributed by atoms with E-state index in [4.69, 9.17) is 0 Å². The van der Waals surface area contributed by atoms with Gasteiger partial charge in [-0.3, -0.25) is 4.90 Å². The first-order valence-corrected chi connectivity index (χ1v) is 7.38. The molecule has 1 aromatic rings. The van der Waals surface area contributed by atoms with E-state index >= 15 is 0 Å². The van der Waals surface area contributed by atoms with Gasteiger partial charge in [-0.25, -0.2) is 0 Å². The highest BCUT2D eigenvalue weighted by atomic mass is 19.3. The molecule has 0 amide bonds. The van der Waals surface area contributed by atoms with Gasteiger partial charge in [0.15, 0.2) is 0 Å². The zero-order valence-corrected chi connectivity index (χ0v) is 12.3. The molecular formula is C16H24F2N2. The maximum atomic E-state index is 14.3. The largest absolute Gasteiger partial charge is 0.312 e. The quantitative estimate of drug-likeness (QED) is 0.913. The van der Waals surface area contributed by atoms with Gasteiger partial charge in [-0.15, -0.1) is 0 Å². The fourth-order valence-electron chi connectivity index (χ4n) is 2.67. The standard InChI is InChI=1S/C16H24F2N2/c1-13(2)15-11-20(10-6-9-19-15)12-16(17,18)14-7-4-3-5-8-14/h3-5,7-8,13,15,19H,6,9-12H2,1-2H3. The Morgan fingerprint density at radius 2 is 2.00 bits per heavy atom. The molecule has 1 atom stereocenters. The average molecular weight is 282 g/mol. The molecule has 0 saturated carbocycles. The SMILES string of the molecule is CC(C)C1CN(CC(F)(F)c2ccccc2)CCCN1. The van der Waals surface area contributed by atoms with Gasteiger partial charge < -0.3 is 5.32 Å². The van der Waals surface area contributed by atoms with Gasteiger partial charge in [0.05, 0.1) is 6.54 Å². The van der Waals surface area contributed by atoms with E-state index in [1.807, 2.05) is 4.90 Å². The van der Waals surface area contributed by atoms with Crippen LogP contribution in [0.25, 0.3) is 0 Å². The molecule has 0 spiro atoms. The fourth-order valence-corrected chi connectivity index (χ4v) is 2.67. The van der Waals surface area contributed by atoms with Crippen LogP contribution in [0.3, 0.4) is 0 Å². The monoisotopic (exact) mass is 282 g/mol. The highest BCUT2D eigenvalue weighted by Crippen LogP contribution is 2.29. The van der Waals surface area contributed by atoms with Crippen molar-refractivity contribution in [2.24, 2.45) is 5.92 Å². The molecule has 1 unspecified atom stereocenters. The first-order valence-electron chi connectivity index (χ1n) is 7.38. The number of hydrogen-bond acceptors (Lipinski definition) is 2. The Kier molecular flexibility index (Phi) is 5.11. The maximum Gasteiger partial charge on any atom is 0.285 e. The molecule has 112 valence electrons. The van der Waals surface area contributed by atoms with E-state index in [0.29, 0.717) is 18.5 Å². The normalized spacial score (nSPS) is 21.9. The summed E-state index contributed by atoms with van der Waals surface area (Å²) in [6, 6.07) is 8.42. The lowest BCUT2D eigenvalue weighted by Crippen LogP contribution is -2.44. The molecule has 0 aromatic heterocycles. The van der Waals surface area contributed by atoms with Crippen LogP contribution in [0.15, 0.2) is 30.3 Å². The van der Waals surface area contributed by atoms with Crippen molar-refractivity contribution in [1.29, 1.82) is 0 Å². The lowest BCUT2D eigenvalue weighted by molar-refractivity contribution is -0.0388. The molecule has 4 heteroatoms. The van der Waals surface area contributed by atoms with Gasteiger partial charge in [0.25, 0.3) is 5.92 Å². The van der Waals surface area contributed by atoms with Crippen molar-refractivity contribution >= 4 is 0 Å². The minimum Gasteiger partial charge on any atom is -0.312 e. The van der Waals surface area contributed by atoms with Gasteiger partial charge >= 0.3 is 0 Å². The second-order valence-electron chi connectivity index (χ2n) is 5.96. The van der Waals surface area contributed by atoms with Crippen molar-refractivity contribution in [3.8, 4) is 0 Å². The molecule has 0 radical (unpaired) electrons. The number of alkyl halides is 2. The molecule has 1 heterocycles. The summed E-state index contributed by atoms with van der Waals surface area (Å²) in [6.45, 7) is 6.42.